The van der Waals surface area contributed by atoms with Gasteiger partial charge in [0.25, 0.3) is 5.91 Å². The number of likely N-dealkylation sites (tertiary alicyclic amines) is 1. The number of hydrogen-bond acceptors (Lipinski definition) is 5. The van der Waals surface area contributed by atoms with E-state index in [9.17, 15) is 31.5 Å². The molecule has 1 amide bonds. The molecule has 3 N–H and O–H groups in total. The number of amides is 1. The lowest BCUT2D eigenvalue weighted by Crippen LogP contribution is -2.52. The van der Waals surface area contributed by atoms with Gasteiger partial charge in [0.15, 0.2) is 0 Å². The van der Waals surface area contributed by atoms with Gasteiger partial charge < -0.3 is 10.4 Å². The molecule has 1 saturated heterocycles. The van der Waals surface area contributed by atoms with Gasteiger partial charge in [0.05, 0.1) is 15.6 Å². The second-order valence-electron chi connectivity index (χ2n) is 8.32. The van der Waals surface area contributed by atoms with E-state index in [4.69, 9.17) is 11.6 Å². The van der Waals surface area contributed by atoms with Crippen LogP contribution in [0.15, 0.2) is 53.4 Å². The van der Waals surface area contributed by atoms with Crippen LogP contribution in [0, 0.1) is 0 Å². The quantitative estimate of drug-likeness (QED) is 0.520. The van der Waals surface area contributed by atoms with Gasteiger partial charge in [-0.15, -0.1) is 0 Å². The Morgan fingerprint density at radius 2 is 1.76 bits per heavy atom. The van der Waals surface area contributed by atoms with E-state index >= 15 is 0 Å². The first kappa shape index (κ1) is 26.4. The third kappa shape index (κ3) is 6.28. The summed E-state index contributed by atoms with van der Waals surface area (Å²) in [4.78, 5) is 13.9. The number of hydrogen-bond donors (Lipinski definition) is 3. The van der Waals surface area contributed by atoms with E-state index in [1.165, 1.54) is 5.56 Å². The van der Waals surface area contributed by atoms with Crippen LogP contribution in [0.4, 0.5) is 18.9 Å². The van der Waals surface area contributed by atoms with Crippen molar-refractivity contribution in [3.05, 3.63) is 59.1 Å². The van der Waals surface area contributed by atoms with Crippen LogP contribution in [0.25, 0.3) is 0 Å². The molecule has 0 unspecified atom stereocenters. The average molecular weight is 520 g/mol. The molecule has 2 aromatic carbocycles. The number of benzene rings is 2. The highest BCUT2D eigenvalue weighted by atomic mass is 35.5. The minimum Gasteiger partial charge on any atom is -0.373 e. The zero-order chi connectivity index (χ0) is 25.1. The molecule has 7 nitrogen and oxygen atoms in total. The molecule has 2 aromatic rings. The van der Waals surface area contributed by atoms with E-state index in [1.54, 1.807) is 0 Å². The first-order chi connectivity index (χ1) is 15.8. The van der Waals surface area contributed by atoms with Crippen LogP contribution in [0.3, 0.4) is 0 Å². The zero-order valence-electron chi connectivity index (χ0n) is 18.3. The van der Waals surface area contributed by atoms with Crippen molar-refractivity contribution in [2.45, 2.75) is 49.0 Å². The first-order valence-corrected chi connectivity index (χ1v) is 12.3. The standard InChI is InChI=1S/C22H25ClF3N3O4S/c1-21(31,22(24,25)26)20(30)27-19-8-7-17(13-18(19)23)34(32,33)28-16-9-11-29(12-10-16)14-15-5-3-2-4-6-15/h2-8,13,16,28,31H,9-12,14H2,1H3,(H,27,30)/t21-/m1/s1. The Bertz CT molecular complexity index is 1120. The Morgan fingerprint density at radius 1 is 1.15 bits per heavy atom. The summed E-state index contributed by atoms with van der Waals surface area (Å²) in [6.07, 6.45) is -3.98. The van der Waals surface area contributed by atoms with Crippen molar-refractivity contribution < 1.29 is 31.5 Å². The van der Waals surface area contributed by atoms with Crippen LogP contribution in [0.2, 0.25) is 5.02 Å². The van der Waals surface area contributed by atoms with Crippen LogP contribution in [-0.2, 0) is 21.4 Å². The molecule has 0 aromatic heterocycles. The maximum atomic E-state index is 12.8. The maximum absolute atomic E-state index is 12.8. The lowest BCUT2D eigenvalue weighted by molar-refractivity contribution is -0.242. The molecular formula is C22H25ClF3N3O4S. The number of sulfonamides is 1. The molecule has 12 heteroatoms. The van der Waals surface area contributed by atoms with Crippen LogP contribution < -0.4 is 10.0 Å². The normalized spacial score (nSPS) is 17.8. The molecule has 0 bridgehead atoms. The molecule has 0 aliphatic carbocycles. The summed E-state index contributed by atoms with van der Waals surface area (Å²) in [6.45, 7) is 2.52. The maximum Gasteiger partial charge on any atom is 0.426 e. The molecule has 1 heterocycles. The van der Waals surface area contributed by atoms with Crippen molar-refractivity contribution in [2.24, 2.45) is 0 Å². The smallest absolute Gasteiger partial charge is 0.373 e. The Labute approximate surface area is 201 Å². The molecular weight excluding hydrogens is 495 g/mol. The molecule has 34 heavy (non-hydrogen) atoms. The summed E-state index contributed by atoms with van der Waals surface area (Å²) in [5.41, 5.74) is -2.72. The SMILES string of the molecule is C[C@@](O)(C(=O)Nc1ccc(S(=O)(=O)NC2CCN(Cc3ccccc3)CC2)cc1Cl)C(F)(F)F. The van der Waals surface area contributed by atoms with Gasteiger partial charge in [-0.25, -0.2) is 13.1 Å². The summed E-state index contributed by atoms with van der Waals surface area (Å²) in [6, 6.07) is 12.9. The first-order valence-electron chi connectivity index (χ1n) is 10.5. The predicted octanol–water partition coefficient (Wildman–Crippen LogP) is 3.53. The Balaban J connectivity index is 1.60. The van der Waals surface area contributed by atoms with Crippen molar-refractivity contribution in [3.8, 4) is 0 Å². The Kier molecular flexibility index (Phi) is 7.93. The topological polar surface area (TPSA) is 98.7 Å². The van der Waals surface area contributed by atoms with Crippen LogP contribution in [-0.4, -0.2) is 55.2 Å². The molecule has 186 valence electrons. The van der Waals surface area contributed by atoms with E-state index in [0.717, 1.165) is 24.7 Å². The molecule has 0 radical (unpaired) electrons. The highest BCUT2D eigenvalue weighted by Crippen LogP contribution is 2.32. The van der Waals surface area contributed by atoms with Crippen molar-refractivity contribution in [1.29, 1.82) is 0 Å². The van der Waals surface area contributed by atoms with Crippen LogP contribution in [0.5, 0.6) is 0 Å². The zero-order valence-corrected chi connectivity index (χ0v) is 19.8. The molecule has 1 aliphatic heterocycles. The number of carbonyl (C=O) groups is 1. The summed E-state index contributed by atoms with van der Waals surface area (Å²) < 4.78 is 66.7. The number of nitrogens with zero attached hydrogens (tertiary/aromatic N) is 1. The second kappa shape index (κ2) is 10.2. The largest absolute Gasteiger partial charge is 0.426 e. The second-order valence-corrected chi connectivity index (χ2v) is 10.4. The van der Waals surface area contributed by atoms with E-state index in [-0.39, 0.29) is 21.6 Å². The van der Waals surface area contributed by atoms with Gasteiger partial charge in [0.1, 0.15) is 0 Å². The van der Waals surface area contributed by atoms with E-state index in [1.807, 2.05) is 35.6 Å². The highest BCUT2D eigenvalue weighted by Gasteiger charge is 2.55. The lowest BCUT2D eigenvalue weighted by atomic mass is 10.1. The van der Waals surface area contributed by atoms with Crippen molar-refractivity contribution in [3.63, 3.8) is 0 Å². The number of nitrogens with one attached hydrogen (secondary N) is 2. The summed E-state index contributed by atoms with van der Waals surface area (Å²) in [5.74, 6) is -1.74. The number of carbonyl (C=O) groups excluding carboxylic acids is 1. The molecule has 0 saturated carbocycles. The van der Waals surface area contributed by atoms with Gasteiger partial charge in [-0.2, -0.15) is 13.2 Å². The predicted molar refractivity (Wildman–Crippen MR) is 122 cm³/mol. The van der Waals surface area contributed by atoms with Crippen molar-refractivity contribution in [2.75, 3.05) is 18.4 Å². The highest BCUT2D eigenvalue weighted by molar-refractivity contribution is 7.89. The van der Waals surface area contributed by atoms with Gasteiger partial charge in [-0.05, 0) is 43.5 Å². The van der Waals surface area contributed by atoms with Crippen molar-refractivity contribution in [1.82, 2.24) is 9.62 Å². The number of rotatable bonds is 7. The number of alkyl halides is 3. The number of piperidine rings is 1. The van der Waals surface area contributed by atoms with E-state index < -0.39 is 27.7 Å². The third-order valence-electron chi connectivity index (χ3n) is 5.65. The molecule has 1 atom stereocenters. The summed E-state index contributed by atoms with van der Waals surface area (Å²) >= 11 is 6.01. The molecule has 1 aliphatic rings. The van der Waals surface area contributed by atoms with Gasteiger partial charge in [0, 0.05) is 25.7 Å². The van der Waals surface area contributed by atoms with Gasteiger partial charge in [0.2, 0.25) is 15.6 Å². The van der Waals surface area contributed by atoms with Gasteiger partial charge >= 0.3 is 6.18 Å². The monoisotopic (exact) mass is 519 g/mol. The van der Waals surface area contributed by atoms with Gasteiger partial charge in [-0.1, -0.05) is 41.9 Å². The number of aliphatic hydroxyl groups is 1. The summed E-state index contributed by atoms with van der Waals surface area (Å²) in [5, 5.41) is 11.0. The molecule has 1 fully saturated rings. The minimum atomic E-state index is -5.20. The average Bonchev–Trinajstić information content (AvgIpc) is 2.76. The minimum absolute atomic E-state index is 0.190. The molecule has 0 spiro atoms. The van der Waals surface area contributed by atoms with Crippen LogP contribution in [0.1, 0.15) is 25.3 Å². The molecule has 3 rings (SSSR count). The Hall–Kier alpha value is -2.18. The lowest BCUT2D eigenvalue weighted by Gasteiger charge is -2.32. The number of anilines is 1. The third-order valence-corrected chi connectivity index (χ3v) is 7.48. The van der Waals surface area contributed by atoms with Crippen molar-refractivity contribution >= 4 is 33.2 Å². The van der Waals surface area contributed by atoms with Gasteiger partial charge in [-0.3, -0.25) is 9.69 Å². The summed E-state index contributed by atoms with van der Waals surface area (Å²) in [7, 11) is -3.95. The fourth-order valence-electron chi connectivity index (χ4n) is 3.48. The van der Waals surface area contributed by atoms with E-state index in [2.05, 4.69) is 9.62 Å². The van der Waals surface area contributed by atoms with Crippen LogP contribution >= 0.6 is 11.6 Å². The van der Waals surface area contributed by atoms with E-state index in [0.29, 0.717) is 32.9 Å². The fourth-order valence-corrected chi connectivity index (χ4v) is 5.10. The number of halogens is 4. The fraction of sp³-hybridized carbons (Fsp3) is 0.409. The Morgan fingerprint density at radius 3 is 2.32 bits per heavy atom.